The van der Waals surface area contributed by atoms with Crippen molar-refractivity contribution < 1.29 is 8.42 Å². The van der Waals surface area contributed by atoms with Crippen LogP contribution in [0.15, 0.2) is 64.0 Å². The van der Waals surface area contributed by atoms with Crippen LogP contribution in [0.3, 0.4) is 0 Å². The lowest BCUT2D eigenvalue weighted by molar-refractivity contribution is 0.324. The first-order valence-electron chi connectivity index (χ1n) is 7.57. The number of sulfonamides is 1. The van der Waals surface area contributed by atoms with Crippen LogP contribution in [0.1, 0.15) is 12.0 Å². The Morgan fingerprint density at radius 3 is 2.48 bits per heavy atom. The monoisotopic (exact) mass is 394 g/mol. The van der Waals surface area contributed by atoms with Crippen molar-refractivity contribution in [2.45, 2.75) is 23.9 Å². The number of rotatable bonds is 5. The Bertz CT molecular complexity index is 748. The summed E-state index contributed by atoms with van der Waals surface area (Å²) in [6.45, 7) is 2.50. The lowest BCUT2D eigenvalue weighted by Crippen LogP contribution is -2.36. The Balaban J connectivity index is 1.60. The summed E-state index contributed by atoms with van der Waals surface area (Å²) in [5, 5.41) is 0. The summed E-state index contributed by atoms with van der Waals surface area (Å²) in [6, 6.07) is 16.9. The van der Waals surface area contributed by atoms with Gasteiger partial charge in [-0.15, -0.1) is 0 Å². The van der Waals surface area contributed by atoms with Gasteiger partial charge in [0.15, 0.2) is 0 Å². The Morgan fingerprint density at radius 2 is 1.78 bits per heavy atom. The van der Waals surface area contributed by atoms with E-state index in [0.717, 1.165) is 30.5 Å². The molecule has 0 spiro atoms. The molecule has 2 aromatic rings. The summed E-state index contributed by atoms with van der Waals surface area (Å²) in [4.78, 5) is 2.59. The summed E-state index contributed by atoms with van der Waals surface area (Å²) >= 11 is 3.32. The molecule has 0 bridgehead atoms. The summed E-state index contributed by atoms with van der Waals surface area (Å²) in [5.41, 5.74) is 1.25. The van der Waals surface area contributed by atoms with Crippen molar-refractivity contribution in [1.82, 2.24) is 9.62 Å². The van der Waals surface area contributed by atoms with Crippen molar-refractivity contribution in [2.24, 2.45) is 0 Å². The highest BCUT2D eigenvalue weighted by molar-refractivity contribution is 9.10. The Kier molecular flexibility index (Phi) is 5.16. The van der Waals surface area contributed by atoms with Crippen LogP contribution >= 0.6 is 15.9 Å². The third-order valence-electron chi connectivity index (χ3n) is 3.97. The van der Waals surface area contributed by atoms with Gasteiger partial charge in [-0.25, -0.2) is 13.1 Å². The van der Waals surface area contributed by atoms with Gasteiger partial charge in [0, 0.05) is 30.1 Å². The van der Waals surface area contributed by atoms with Crippen molar-refractivity contribution in [3.8, 4) is 0 Å². The van der Waals surface area contributed by atoms with E-state index in [9.17, 15) is 8.42 Å². The molecule has 2 aromatic carbocycles. The maximum atomic E-state index is 12.4. The normalized spacial score (nSPS) is 19.1. The number of likely N-dealkylation sites (tertiary alicyclic amines) is 1. The lowest BCUT2D eigenvalue weighted by Gasteiger charge is -2.17. The zero-order valence-corrected chi connectivity index (χ0v) is 15.1. The van der Waals surface area contributed by atoms with Gasteiger partial charge in [0.1, 0.15) is 0 Å². The molecule has 1 saturated heterocycles. The fourth-order valence-electron chi connectivity index (χ4n) is 2.82. The highest BCUT2D eigenvalue weighted by Gasteiger charge is 2.27. The molecule has 1 atom stereocenters. The van der Waals surface area contributed by atoms with E-state index in [1.54, 1.807) is 24.3 Å². The average molecular weight is 395 g/mol. The van der Waals surface area contributed by atoms with E-state index in [0.29, 0.717) is 4.90 Å². The van der Waals surface area contributed by atoms with Gasteiger partial charge >= 0.3 is 0 Å². The molecule has 3 rings (SSSR count). The molecule has 122 valence electrons. The van der Waals surface area contributed by atoms with Crippen molar-refractivity contribution in [3.05, 3.63) is 64.6 Å². The topological polar surface area (TPSA) is 49.4 Å². The first-order valence-corrected chi connectivity index (χ1v) is 9.85. The number of hydrogen-bond acceptors (Lipinski definition) is 3. The van der Waals surface area contributed by atoms with Crippen molar-refractivity contribution >= 4 is 26.0 Å². The molecule has 6 heteroatoms. The van der Waals surface area contributed by atoms with Crippen LogP contribution in [0.4, 0.5) is 0 Å². The van der Waals surface area contributed by atoms with Gasteiger partial charge in [0.05, 0.1) is 4.90 Å². The highest BCUT2D eigenvalue weighted by atomic mass is 79.9. The molecule has 0 amide bonds. The molecule has 0 aromatic heterocycles. The van der Waals surface area contributed by atoms with E-state index >= 15 is 0 Å². The number of nitrogens with one attached hydrogen (secondary N) is 1. The van der Waals surface area contributed by atoms with Crippen LogP contribution in [0.2, 0.25) is 0 Å². The average Bonchev–Trinajstić information content (AvgIpc) is 2.95. The Hall–Kier alpha value is -1.21. The fourth-order valence-corrected chi connectivity index (χ4v) is 4.34. The summed E-state index contributed by atoms with van der Waals surface area (Å²) in [6.07, 6.45) is 0.836. The molecular weight excluding hydrogens is 376 g/mol. The van der Waals surface area contributed by atoms with Crippen LogP contribution in [0, 0.1) is 0 Å². The smallest absolute Gasteiger partial charge is 0.240 e. The molecule has 1 N–H and O–H groups in total. The van der Waals surface area contributed by atoms with Gasteiger partial charge in [0.2, 0.25) is 10.0 Å². The maximum absolute atomic E-state index is 12.4. The minimum absolute atomic E-state index is 0.0349. The van der Waals surface area contributed by atoms with E-state index in [1.165, 1.54) is 5.56 Å². The SMILES string of the molecule is O=S(=O)(N[C@@H]1CCN(Cc2ccccc2)C1)c1ccc(Br)cc1. The first-order chi connectivity index (χ1) is 11.0. The quantitative estimate of drug-likeness (QED) is 0.847. The molecule has 1 fully saturated rings. The van der Waals surface area contributed by atoms with Crippen LogP contribution in [0.25, 0.3) is 0 Å². The second-order valence-electron chi connectivity index (χ2n) is 5.78. The molecule has 23 heavy (non-hydrogen) atoms. The van der Waals surface area contributed by atoms with Gasteiger partial charge in [-0.3, -0.25) is 4.90 Å². The van der Waals surface area contributed by atoms with Crippen LogP contribution in [0.5, 0.6) is 0 Å². The third kappa shape index (κ3) is 4.41. The molecule has 0 aliphatic carbocycles. The standard InChI is InChI=1S/C17H19BrN2O2S/c18-15-6-8-17(9-7-15)23(21,22)19-16-10-11-20(13-16)12-14-4-2-1-3-5-14/h1-9,16,19H,10-13H2/t16-/m1/s1. The third-order valence-corrected chi connectivity index (χ3v) is 6.03. The van der Waals surface area contributed by atoms with E-state index in [4.69, 9.17) is 0 Å². The Morgan fingerprint density at radius 1 is 1.09 bits per heavy atom. The molecule has 1 aliphatic rings. The number of hydrogen-bond donors (Lipinski definition) is 1. The Labute approximate surface area is 145 Å². The minimum atomic E-state index is -3.45. The summed E-state index contributed by atoms with van der Waals surface area (Å²) < 4.78 is 28.5. The molecule has 1 aliphatic heterocycles. The zero-order valence-electron chi connectivity index (χ0n) is 12.7. The molecular formula is C17H19BrN2O2S. The fraction of sp³-hybridized carbons (Fsp3) is 0.294. The van der Waals surface area contributed by atoms with Gasteiger partial charge in [0.25, 0.3) is 0 Å². The molecule has 0 unspecified atom stereocenters. The summed E-state index contributed by atoms with van der Waals surface area (Å²) in [7, 11) is -3.45. The van der Waals surface area contributed by atoms with Crippen molar-refractivity contribution in [3.63, 3.8) is 0 Å². The van der Waals surface area contributed by atoms with Gasteiger partial charge in [-0.05, 0) is 36.2 Å². The first kappa shape index (κ1) is 16.6. The van der Waals surface area contributed by atoms with E-state index in [2.05, 4.69) is 37.7 Å². The number of nitrogens with zero attached hydrogens (tertiary/aromatic N) is 1. The molecule has 1 heterocycles. The zero-order chi connectivity index (χ0) is 16.3. The second kappa shape index (κ2) is 7.13. The molecule has 0 saturated carbocycles. The van der Waals surface area contributed by atoms with Gasteiger partial charge in [-0.2, -0.15) is 0 Å². The predicted octanol–water partition coefficient (Wildman–Crippen LogP) is 3.00. The highest BCUT2D eigenvalue weighted by Crippen LogP contribution is 2.18. The second-order valence-corrected chi connectivity index (χ2v) is 8.41. The van der Waals surface area contributed by atoms with Crippen LogP contribution in [-0.4, -0.2) is 32.4 Å². The minimum Gasteiger partial charge on any atom is -0.297 e. The van der Waals surface area contributed by atoms with Crippen LogP contribution in [-0.2, 0) is 16.6 Å². The number of benzene rings is 2. The number of halogens is 1. The van der Waals surface area contributed by atoms with Crippen molar-refractivity contribution in [2.75, 3.05) is 13.1 Å². The maximum Gasteiger partial charge on any atom is 0.240 e. The molecule has 0 radical (unpaired) electrons. The van der Waals surface area contributed by atoms with Gasteiger partial charge in [-0.1, -0.05) is 46.3 Å². The van der Waals surface area contributed by atoms with E-state index in [1.807, 2.05) is 18.2 Å². The van der Waals surface area contributed by atoms with Crippen LogP contribution < -0.4 is 4.72 Å². The lowest BCUT2D eigenvalue weighted by atomic mass is 10.2. The van der Waals surface area contributed by atoms with E-state index in [-0.39, 0.29) is 6.04 Å². The van der Waals surface area contributed by atoms with Gasteiger partial charge < -0.3 is 0 Å². The molecule has 4 nitrogen and oxygen atoms in total. The van der Waals surface area contributed by atoms with Crippen molar-refractivity contribution in [1.29, 1.82) is 0 Å². The van der Waals surface area contributed by atoms with E-state index < -0.39 is 10.0 Å². The largest absolute Gasteiger partial charge is 0.297 e. The predicted molar refractivity (Wildman–Crippen MR) is 94.6 cm³/mol. The summed E-state index contributed by atoms with van der Waals surface area (Å²) in [5.74, 6) is 0.